The van der Waals surface area contributed by atoms with Crippen LogP contribution in [-0.4, -0.2) is 47.0 Å². The van der Waals surface area contributed by atoms with Crippen LogP contribution in [0, 0.1) is 12.3 Å². The van der Waals surface area contributed by atoms with E-state index in [1.165, 1.54) is 0 Å². The van der Waals surface area contributed by atoms with E-state index in [0.717, 1.165) is 0 Å². The maximum Gasteiger partial charge on any atom is 0.259 e. The molecule has 0 spiro atoms. The van der Waals surface area contributed by atoms with E-state index in [9.17, 15) is 9.59 Å². The third-order valence-electron chi connectivity index (χ3n) is 3.72. The van der Waals surface area contributed by atoms with Crippen molar-refractivity contribution in [2.75, 3.05) is 25.9 Å². The van der Waals surface area contributed by atoms with Gasteiger partial charge in [-0.25, -0.2) is 0 Å². The average Bonchev–Trinajstić information content (AvgIpc) is 2.93. The maximum absolute atomic E-state index is 12.4. The van der Waals surface area contributed by atoms with Gasteiger partial charge in [0.1, 0.15) is 5.56 Å². The van der Waals surface area contributed by atoms with Gasteiger partial charge >= 0.3 is 0 Å². The number of nitrogens with two attached hydrogens (primary N) is 1. The van der Waals surface area contributed by atoms with E-state index in [0.29, 0.717) is 30.8 Å². The number of rotatable bonds is 2. The fourth-order valence-electron chi connectivity index (χ4n) is 2.50. The van der Waals surface area contributed by atoms with Crippen LogP contribution >= 0.6 is 0 Å². The van der Waals surface area contributed by atoms with Crippen molar-refractivity contribution in [3.05, 3.63) is 11.3 Å². The molecular weight excluding hydrogens is 246 g/mol. The van der Waals surface area contributed by atoms with E-state index in [1.54, 1.807) is 18.9 Å². The SMILES string of the molecule is CNC(=O)C1(C)CCN(C(=O)c2c(N)n[nH]c2C)C1. The van der Waals surface area contributed by atoms with Crippen LogP contribution in [0.2, 0.25) is 0 Å². The first-order valence-corrected chi connectivity index (χ1v) is 6.21. The fraction of sp³-hybridized carbons (Fsp3) is 0.583. The minimum Gasteiger partial charge on any atom is -0.382 e. The second-order valence-electron chi connectivity index (χ2n) is 5.23. The molecule has 0 radical (unpaired) electrons. The highest BCUT2D eigenvalue weighted by Crippen LogP contribution is 2.31. The van der Waals surface area contributed by atoms with Gasteiger partial charge in [0.2, 0.25) is 5.91 Å². The smallest absolute Gasteiger partial charge is 0.259 e. The number of H-pyrrole nitrogens is 1. The Labute approximate surface area is 111 Å². The minimum atomic E-state index is -0.531. The van der Waals surface area contributed by atoms with E-state index in [4.69, 9.17) is 5.73 Å². The van der Waals surface area contributed by atoms with E-state index < -0.39 is 5.41 Å². The van der Waals surface area contributed by atoms with Crippen molar-refractivity contribution >= 4 is 17.6 Å². The van der Waals surface area contributed by atoms with Crippen molar-refractivity contribution < 1.29 is 9.59 Å². The summed E-state index contributed by atoms with van der Waals surface area (Å²) in [5.74, 6) is -0.00730. The van der Waals surface area contributed by atoms with Crippen molar-refractivity contribution in [1.82, 2.24) is 20.4 Å². The largest absolute Gasteiger partial charge is 0.382 e. The highest BCUT2D eigenvalue weighted by molar-refractivity contribution is 6.00. The van der Waals surface area contributed by atoms with Crippen molar-refractivity contribution in [3.63, 3.8) is 0 Å². The van der Waals surface area contributed by atoms with Gasteiger partial charge in [-0.1, -0.05) is 0 Å². The molecule has 2 rings (SSSR count). The number of amides is 2. The van der Waals surface area contributed by atoms with Crippen LogP contribution in [0.1, 0.15) is 29.4 Å². The zero-order valence-corrected chi connectivity index (χ0v) is 11.4. The topological polar surface area (TPSA) is 104 Å². The van der Waals surface area contributed by atoms with E-state index in [1.807, 2.05) is 6.92 Å². The lowest BCUT2D eigenvalue weighted by atomic mass is 9.89. The molecule has 0 aromatic carbocycles. The summed E-state index contributed by atoms with van der Waals surface area (Å²) in [4.78, 5) is 25.9. The lowest BCUT2D eigenvalue weighted by Crippen LogP contribution is -2.40. The monoisotopic (exact) mass is 265 g/mol. The van der Waals surface area contributed by atoms with Crippen molar-refractivity contribution in [2.45, 2.75) is 20.3 Å². The molecule has 4 N–H and O–H groups in total. The molecule has 0 aliphatic carbocycles. The molecule has 2 amide bonds. The molecule has 1 aliphatic heterocycles. The Kier molecular flexibility index (Phi) is 3.21. The molecule has 1 aromatic heterocycles. The number of anilines is 1. The number of aryl methyl sites for hydroxylation is 1. The number of carbonyl (C=O) groups excluding carboxylic acids is 2. The predicted molar refractivity (Wildman–Crippen MR) is 70.4 cm³/mol. The number of aromatic nitrogens is 2. The summed E-state index contributed by atoms with van der Waals surface area (Å²) < 4.78 is 0. The summed E-state index contributed by atoms with van der Waals surface area (Å²) in [6.45, 7) is 4.57. The number of nitrogen functional groups attached to an aromatic ring is 1. The van der Waals surface area contributed by atoms with Crippen molar-refractivity contribution in [1.29, 1.82) is 0 Å². The van der Waals surface area contributed by atoms with Gasteiger partial charge < -0.3 is 16.0 Å². The summed E-state index contributed by atoms with van der Waals surface area (Å²) >= 11 is 0. The second-order valence-corrected chi connectivity index (χ2v) is 5.23. The number of likely N-dealkylation sites (tertiary alicyclic amines) is 1. The molecule has 1 saturated heterocycles. The van der Waals surface area contributed by atoms with Gasteiger partial charge in [-0.05, 0) is 20.3 Å². The molecule has 2 heterocycles. The van der Waals surface area contributed by atoms with Gasteiger partial charge in [0.25, 0.3) is 5.91 Å². The van der Waals surface area contributed by atoms with E-state index in [-0.39, 0.29) is 17.6 Å². The van der Waals surface area contributed by atoms with Gasteiger partial charge in [0, 0.05) is 25.8 Å². The predicted octanol–water partition coefficient (Wildman–Crippen LogP) is -0.101. The van der Waals surface area contributed by atoms with Gasteiger partial charge in [-0.15, -0.1) is 0 Å². The van der Waals surface area contributed by atoms with Gasteiger partial charge in [-0.2, -0.15) is 5.10 Å². The van der Waals surface area contributed by atoms with Gasteiger partial charge in [0.05, 0.1) is 5.41 Å². The molecule has 1 atom stereocenters. The summed E-state index contributed by atoms with van der Waals surface area (Å²) in [6, 6.07) is 0. The third-order valence-corrected chi connectivity index (χ3v) is 3.72. The first kappa shape index (κ1) is 13.4. The minimum absolute atomic E-state index is 0.0420. The molecule has 0 bridgehead atoms. The Morgan fingerprint density at radius 2 is 2.21 bits per heavy atom. The molecule has 104 valence electrons. The number of hydrogen-bond acceptors (Lipinski definition) is 4. The quantitative estimate of drug-likeness (QED) is 0.694. The number of aromatic amines is 1. The number of hydrogen-bond donors (Lipinski definition) is 3. The first-order chi connectivity index (χ1) is 8.89. The standard InChI is InChI=1S/C12H19N5O2/c1-7-8(9(13)16-15-7)10(18)17-5-4-12(2,6-17)11(19)14-3/h4-6H2,1-3H3,(H,14,19)(H3,13,15,16). The molecule has 1 fully saturated rings. The zero-order valence-electron chi connectivity index (χ0n) is 11.4. The lowest BCUT2D eigenvalue weighted by molar-refractivity contribution is -0.128. The summed E-state index contributed by atoms with van der Waals surface area (Å²) in [6.07, 6.45) is 0.648. The molecule has 1 aliphatic rings. The molecular formula is C12H19N5O2. The van der Waals surface area contributed by atoms with Crippen LogP contribution in [0.25, 0.3) is 0 Å². The van der Waals surface area contributed by atoms with Crippen molar-refractivity contribution in [3.8, 4) is 0 Å². The van der Waals surface area contributed by atoms with Crippen LogP contribution in [0.4, 0.5) is 5.82 Å². The first-order valence-electron chi connectivity index (χ1n) is 6.21. The van der Waals surface area contributed by atoms with E-state index in [2.05, 4.69) is 15.5 Å². The third kappa shape index (κ3) is 2.16. The Hall–Kier alpha value is -2.05. The highest BCUT2D eigenvalue weighted by Gasteiger charge is 2.42. The molecule has 7 heteroatoms. The number of carbonyl (C=O) groups is 2. The zero-order chi connectivity index (χ0) is 14.2. The molecule has 1 aromatic rings. The van der Waals surface area contributed by atoms with Crippen LogP contribution in [0.15, 0.2) is 0 Å². The number of nitrogens with one attached hydrogen (secondary N) is 2. The Morgan fingerprint density at radius 1 is 1.53 bits per heavy atom. The summed E-state index contributed by atoms with van der Waals surface area (Å²) in [7, 11) is 1.61. The Balaban J connectivity index is 2.18. The second kappa shape index (κ2) is 4.56. The average molecular weight is 265 g/mol. The van der Waals surface area contributed by atoms with Gasteiger partial charge in [0.15, 0.2) is 5.82 Å². The highest BCUT2D eigenvalue weighted by atomic mass is 16.2. The molecule has 19 heavy (non-hydrogen) atoms. The maximum atomic E-state index is 12.4. The van der Waals surface area contributed by atoms with Gasteiger partial charge in [-0.3, -0.25) is 14.7 Å². The van der Waals surface area contributed by atoms with Crippen LogP contribution in [0.5, 0.6) is 0 Å². The molecule has 1 unspecified atom stereocenters. The van der Waals surface area contributed by atoms with Crippen LogP contribution < -0.4 is 11.1 Å². The van der Waals surface area contributed by atoms with Crippen molar-refractivity contribution in [2.24, 2.45) is 5.41 Å². The summed E-state index contributed by atoms with van der Waals surface area (Å²) in [5, 5.41) is 9.16. The van der Waals surface area contributed by atoms with Crippen LogP contribution in [-0.2, 0) is 4.79 Å². The van der Waals surface area contributed by atoms with E-state index >= 15 is 0 Å². The van der Waals surface area contributed by atoms with Crippen LogP contribution in [0.3, 0.4) is 0 Å². The Bertz CT molecular complexity index is 505. The number of nitrogens with zero attached hydrogens (tertiary/aromatic N) is 2. The fourth-order valence-corrected chi connectivity index (χ4v) is 2.50. The molecule has 7 nitrogen and oxygen atoms in total. The summed E-state index contributed by atoms with van der Waals surface area (Å²) in [5.41, 5.74) is 6.22. The molecule has 0 saturated carbocycles. The normalized spacial score (nSPS) is 22.6. The lowest BCUT2D eigenvalue weighted by Gasteiger charge is -2.22. The Morgan fingerprint density at radius 3 is 2.74 bits per heavy atom.